The van der Waals surface area contributed by atoms with Crippen LogP contribution in [-0.2, 0) is 16.1 Å². The van der Waals surface area contributed by atoms with Crippen LogP contribution in [0.4, 0.5) is 5.13 Å². The lowest BCUT2D eigenvalue weighted by atomic mass is 10.2. The van der Waals surface area contributed by atoms with Crippen LogP contribution in [0.1, 0.15) is 49.6 Å². The van der Waals surface area contributed by atoms with Gasteiger partial charge in [-0.2, -0.15) is 0 Å². The van der Waals surface area contributed by atoms with Crippen LogP contribution in [0.15, 0.2) is 29.1 Å². The summed E-state index contributed by atoms with van der Waals surface area (Å²) in [5, 5.41) is 13.1. The van der Waals surface area contributed by atoms with Gasteiger partial charge < -0.3 is 10.1 Å². The number of hydrogen-bond donors (Lipinski definition) is 1. The van der Waals surface area contributed by atoms with Gasteiger partial charge in [-0.15, -0.1) is 10.2 Å². The molecule has 0 unspecified atom stereocenters. The number of aromatic nitrogens is 3. The first-order chi connectivity index (χ1) is 13.7. The number of anilines is 1. The van der Waals surface area contributed by atoms with Crippen LogP contribution in [0.3, 0.4) is 0 Å². The Bertz CT molecular complexity index is 1000. The van der Waals surface area contributed by atoms with Gasteiger partial charge in [-0.1, -0.05) is 41.4 Å². The summed E-state index contributed by atoms with van der Waals surface area (Å²) in [5.41, 5.74) is 0.0802. The topological polar surface area (TPSA) is 86.1 Å². The fraction of sp³-hybridized carbons (Fsp3) is 0.474. The number of nitrogens with one attached hydrogen (secondary N) is 1. The average molecular weight is 419 g/mol. The van der Waals surface area contributed by atoms with E-state index in [4.69, 9.17) is 4.74 Å². The molecule has 1 aliphatic rings. The Balaban J connectivity index is 1.18. The maximum Gasteiger partial charge on any atom is 0.268 e. The van der Waals surface area contributed by atoms with Crippen LogP contribution in [0.5, 0.6) is 0 Å². The molecule has 1 amide bonds. The second kappa shape index (κ2) is 8.93. The van der Waals surface area contributed by atoms with E-state index in [9.17, 15) is 9.59 Å². The monoisotopic (exact) mass is 418 g/mol. The quantitative estimate of drug-likeness (QED) is 0.560. The zero-order chi connectivity index (χ0) is 19.3. The minimum Gasteiger partial charge on any atom is -0.371 e. The number of aryl methyl sites for hydroxylation is 1. The zero-order valence-corrected chi connectivity index (χ0v) is 17.1. The Hall–Kier alpha value is -2.10. The summed E-state index contributed by atoms with van der Waals surface area (Å²) in [5.74, 6) is -0.0472. The second-order valence-corrected chi connectivity index (χ2v) is 8.87. The van der Waals surface area contributed by atoms with Crippen molar-refractivity contribution < 1.29 is 9.53 Å². The molecular weight excluding hydrogens is 396 g/mol. The van der Waals surface area contributed by atoms with Gasteiger partial charge in [0.2, 0.25) is 11.0 Å². The standard InChI is InChI=1S/C19H22N4O3S2/c24-16(20-19-22-21-17(27-19)14-8-6-12-26-14)10-2-1-5-11-23-18(25)13-7-3-4-9-15(13)28-23/h3-4,7,9,14H,1-2,5-6,8,10-12H2,(H,20,22,24)/t14-/m1/s1. The van der Waals surface area contributed by atoms with Crippen molar-refractivity contribution in [1.82, 2.24) is 14.2 Å². The van der Waals surface area contributed by atoms with Crippen molar-refractivity contribution in [2.45, 2.75) is 51.2 Å². The number of hydrogen-bond acceptors (Lipinski definition) is 7. The lowest BCUT2D eigenvalue weighted by molar-refractivity contribution is -0.116. The first-order valence-electron chi connectivity index (χ1n) is 9.54. The van der Waals surface area contributed by atoms with Crippen LogP contribution >= 0.6 is 22.9 Å². The SMILES string of the molecule is O=C(CCCCCn1sc2ccccc2c1=O)Nc1nnc([C@H]2CCCO2)s1. The molecule has 0 saturated carbocycles. The molecule has 1 fully saturated rings. The van der Waals surface area contributed by atoms with Crippen molar-refractivity contribution >= 4 is 44.0 Å². The molecule has 28 heavy (non-hydrogen) atoms. The summed E-state index contributed by atoms with van der Waals surface area (Å²) in [4.78, 5) is 24.4. The van der Waals surface area contributed by atoms with Crippen molar-refractivity contribution in [3.8, 4) is 0 Å². The summed E-state index contributed by atoms with van der Waals surface area (Å²) in [6, 6.07) is 7.68. The van der Waals surface area contributed by atoms with Gasteiger partial charge >= 0.3 is 0 Å². The van der Waals surface area contributed by atoms with Crippen molar-refractivity contribution in [3.63, 3.8) is 0 Å². The maximum absolute atomic E-state index is 12.3. The van der Waals surface area contributed by atoms with Gasteiger partial charge in [0.1, 0.15) is 11.1 Å². The molecule has 1 aliphatic heterocycles. The number of rotatable bonds is 8. The maximum atomic E-state index is 12.3. The molecule has 1 aromatic carbocycles. The summed E-state index contributed by atoms with van der Waals surface area (Å²) < 4.78 is 8.41. The van der Waals surface area contributed by atoms with Gasteiger partial charge in [0, 0.05) is 19.6 Å². The number of nitrogens with zero attached hydrogens (tertiary/aromatic N) is 3. The van der Waals surface area contributed by atoms with E-state index < -0.39 is 0 Å². The third-order valence-corrected chi connectivity index (χ3v) is 6.76. The molecule has 2 aromatic heterocycles. The van der Waals surface area contributed by atoms with E-state index in [1.54, 1.807) is 3.96 Å². The Kier molecular flexibility index (Phi) is 6.13. The van der Waals surface area contributed by atoms with Gasteiger partial charge in [-0.3, -0.25) is 13.5 Å². The predicted octanol–water partition coefficient (Wildman–Crippen LogP) is 3.97. The van der Waals surface area contributed by atoms with Gasteiger partial charge in [-0.05, 0) is 37.8 Å². The number of unbranched alkanes of at least 4 members (excludes halogenated alkanes) is 2. The van der Waals surface area contributed by atoms with Crippen LogP contribution in [-0.4, -0.2) is 26.7 Å². The normalized spacial score (nSPS) is 16.6. The molecule has 9 heteroatoms. The molecule has 4 rings (SSSR count). The summed E-state index contributed by atoms with van der Waals surface area (Å²) >= 11 is 2.89. The van der Waals surface area contributed by atoms with E-state index in [-0.39, 0.29) is 17.6 Å². The van der Waals surface area contributed by atoms with E-state index in [1.165, 1.54) is 22.9 Å². The average Bonchev–Trinajstić information content (AvgIpc) is 3.43. The van der Waals surface area contributed by atoms with Gasteiger partial charge in [0.25, 0.3) is 5.56 Å². The van der Waals surface area contributed by atoms with Crippen LogP contribution in [0.2, 0.25) is 0 Å². The molecule has 3 aromatic rings. The number of benzene rings is 1. The third kappa shape index (κ3) is 4.48. The Labute approximate surface area is 170 Å². The molecule has 1 atom stereocenters. The fourth-order valence-corrected chi connectivity index (χ4v) is 5.13. The molecule has 3 heterocycles. The molecule has 1 N–H and O–H groups in total. The molecule has 1 saturated heterocycles. The zero-order valence-electron chi connectivity index (χ0n) is 15.4. The summed E-state index contributed by atoms with van der Waals surface area (Å²) in [6.45, 7) is 1.46. The molecule has 0 radical (unpaired) electrons. The number of carbonyl (C=O) groups excluding carboxylic acids is 1. The Morgan fingerprint density at radius 1 is 1.25 bits per heavy atom. The van der Waals surface area contributed by atoms with Crippen molar-refractivity contribution in [2.24, 2.45) is 0 Å². The summed E-state index contributed by atoms with van der Waals surface area (Å²) in [7, 11) is 0. The number of fused-ring (bicyclic) bond motifs is 1. The number of ether oxygens (including phenoxy) is 1. The van der Waals surface area contributed by atoms with Crippen molar-refractivity contribution in [1.29, 1.82) is 0 Å². The molecule has 0 spiro atoms. The lowest BCUT2D eigenvalue weighted by Crippen LogP contribution is -2.13. The second-order valence-electron chi connectivity index (χ2n) is 6.80. The van der Waals surface area contributed by atoms with E-state index in [1.807, 2.05) is 24.3 Å². The minimum atomic E-state index is -0.0472. The summed E-state index contributed by atoms with van der Waals surface area (Å²) in [6.07, 6.45) is 5.03. The van der Waals surface area contributed by atoms with Gasteiger partial charge in [-0.25, -0.2) is 0 Å². The highest BCUT2D eigenvalue weighted by Crippen LogP contribution is 2.31. The van der Waals surface area contributed by atoms with E-state index in [2.05, 4.69) is 15.5 Å². The fourth-order valence-electron chi connectivity index (χ4n) is 3.25. The highest BCUT2D eigenvalue weighted by atomic mass is 32.1. The molecule has 148 valence electrons. The van der Waals surface area contributed by atoms with Crippen LogP contribution in [0, 0.1) is 0 Å². The molecule has 7 nitrogen and oxygen atoms in total. The Morgan fingerprint density at radius 2 is 2.14 bits per heavy atom. The largest absolute Gasteiger partial charge is 0.371 e. The molecule has 0 bridgehead atoms. The van der Waals surface area contributed by atoms with Crippen LogP contribution < -0.4 is 10.9 Å². The van der Waals surface area contributed by atoms with Gasteiger partial charge in [0.15, 0.2) is 0 Å². The predicted molar refractivity (Wildman–Crippen MR) is 111 cm³/mol. The number of amides is 1. The Morgan fingerprint density at radius 3 is 2.96 bits per heavy atom. The third-order valence-electron chi connectivity index (χ3n) is 4.71. The van der Waals surface area contributed by atoms with Crippen LogP contribution in [0.25, 0.3) is 10.1 Å². The highest BCUT2D eigenvalue weighted by molar-refractivity contribution is 7.15. The smallest absolute Gasteiger partial charge is 0.268 e. The van der Waals surface area contributed by atoms with Crippen molar-refractivity contribution in [3.05, 3.63) is 39.6 Å². The molecular formula is C19H22N4O3S2. The van der Waals surface area contributed by atoms with E-state index >= 15 is 0 Å². The number of carbonyl (C=O) groups is 1. The first-order valence-corrected chi connectivity index (χ1v) is 11.1. The molecule has 0 aliphatic carbocycles. The lowest BCUT2D eigenvalue weighted by Gasteiger charge is -2.03. The highest BCUT2D eigenvalue weighted by Gasteiger charge is 2.22. The van der Waals surface area contributed by atoms with E-state index in [0.29, 0.717) is 18.1 Å². The van der Waals surface area contributed by atoms with E-state index in [0.717, 1.165) is 53.8 Å². The van der Waals surface area contributed by atoms with Gasteiger partial charge in [0.05, 0.1) is 10.1 Å². The first kappa shape index (κ1) is 19.2. The van der Waals surface area contributed by atoms with Crippen molar-refractivity contribution in [2.75, 3.05) is 11.9 Å². The minimum absolute atomic E-state index is 0.0282.